The van der Waals surface area contributed by atoms with E-state index in [4.69, 9.17) is 0 Å². The van der Waals surface area contributed by atoms with E-state index in [1.165, 1.54) is 0 Å². The molecule has 0 radical (unpaired) electrons. The van der Waals surface area contributed by atoms with Crippen molar-refractivity contribution < 1.29 is 9.59 Å². The van der Waals surface area contributed by atoms with Crippen molar-refractivity contribution in [3.63, 3.8) is 0 Å². The number of nitrogens with one attached hydrogen (secondary N) is 2. The van der Waals surface area contributed by atoms with Gasteiger partial charge >= 0.3 is 0 Å². The summed E-state index contributed by atoms with van der Waals surface area (Å²) in [5, 5.41) is 6.60. The van der Waals surface area contributed by atoms with Gasteiger partial charge in [-0.2, -0.15) is 0 Å². The van der Waals surface area contributed by atoms with Crippen LogP contribution in [0.2, 0.25) is 0 Å². The summed E-state index contributed by atoms with van der Waals surface area (Å²) >= 11 is 0. The molecular weight excluding hydrogens is 398 g/mol. The first-order valence-corrected chi connectivity index (χ1v) is 10.6. The lowest BCUT2D eigenvalue weighted by Gasteiger charge is -2.41. The molecule has 160 valence electrons. The van der Waals surface area contributed by atoms with Crippen molar-refractivity contribution in [2.75, 3.05) is 13.1 Å². The molecule has 0 bridgehead atoms. The Morgan fingerprint density at radius 2 is 1.73 bits per heavy atom. The van der Waals surface area contributed by atoms with Gasteiger partial charge in [-0.15, -0.1) is 12.4 Å². The van der Waals surface area contributed by atoms with Crippen LogP contribution in [0.3, 0.4) is 0 Å². The largest absolute Gasteiger partial charge is 0.352 e. The third-order valence-corrected chi connectivity index (χ3v) is 6.02. The molecule has 6 heteroatoms. The molecule has 3 atom stereocenters. The highest BCUT2D eigenvalue weighted by molar-refractivity contribution is 5.85. The number of benzene rings is 2. The lowest BCUT2D eigenvalue weighted by molar-refractivity contribution is -0.144. The van der Waals surface area contributed by atoms with Crippen molar-refractivity contribution >= 4 is 24.2 Å². The third-order valence-electron chi connectivity index (χ3n) is 6.02. The number of amides is 2. The van der Waals surface area contributed by atoms with Gasteiger partial charge in [0.2, 0.25) is 11.8 Å². The summed E-state index contributed by atoms with van der Waals surface area (Å²) in [5.74, 6) is -0.0510. The van der Waals surface area contributed by atoms with Gasteiger partial charge < -0.3 is 15.5 Å². The van der Waals surface area contributed by atoms with Crippen LogP contribution < -0.4 is 10.6 Å². The van der Waals surface area contributed by atoms with E-state index < -0.39 is 0 Å². The Morgan fingerprint density at radius 3 is 2.40 bits per heavy atom. The fourth-order valence-corrected chi connectivity index (χ4v) is 4.54. The third kappa shape index (κ3) is 5.21. The molecule has 0 aliphatic carbocycles. The number of likely N-dealkylation sites (tertiary alicyclic amines) is 1. The van der Waals surface area contributed by atoms with Gasteiger partial charge in [-0.3, -0.25) is 9.59 Å². The minimum absolute atomic E-state index is 0. The highest BCUT2D eigenvalue weighted by Crippen LogP contribution is 2.38. The second-order valence-corrected chi connectivity index (χ2v) is 8.06. The van der Waals surface area contributed by atoms with Gasteiger partial charge in [-0.05, 0) is 36.9 Å². The van der Waals surface area contributed by atoms with Crippen molar-refractivity contribution in [3.05, 3.63) is 71.8 Å². The second kappa shape index (κ2) is 10.6. The smallest absolute Gasteiger partial charge is 0.225 e. The van der Waals surface area contributed by atoms with Crippen LogP contribution in [0.15, 0.2) is 60.7 Å². The Balaban J connectivity index is 0.00000256. The Kier molecular flexibility index (Phi) is 7.88. The van der Waals surface area contributed by atoms with Crippen LogP contribution in [0.25, 0.3) is 0 Å². The number of carbonyl (C=O) groups excluding carboxylic acids is 2. The maximum Gasteiger partial charge on any atom is 0.225 e. The van der Waals surface area contributed by atoms with Crippen LogP contribution in [0.5, 0.6) is 0 Å². The molecule has 4 rings (SSSR count). The van der Waals surface area contributed by atoms with E-state index in [1.807, 2.05) is 65.6 Å². The lowest BCUT2D eigenvalue weighted by atomic mass is 9.83. The molecule has 2 aromatic carbocycles. The molecular formula is C24H30ClN3O2. The number of carbonyl (C=O) groups is 2. The van der Waals surface area contributed by atoms with Gasteiger partial charge in [-0.1, -0.05) is 60.7 Å². The summed E-state index contributed by atoms with van der Waals surface area (Å²) in [6, 6.07) is 19.9. The number of piperidine rings is 2. The van der Waals surface area contributed by atoms with Crippen molar-refractivity contribution in [2.24, 2.45) is 5.92 Å². The predicted molar refractivity (Wildman–Crippen MR) is 120 cm³/mol. The lowest BCUT2D eigenvalue weighted by Crippen LogP contribution is -2.52. The fraction of sp³-hybridized carbons (Fsp3) is 0.417. The van der Waals surface area contributed by atoms with Crippen LogP contribution in [-0.4, -0.2) is 35.8 Å². The van der Waals surface area contributed by atoms with E-state index in [0.29, 0.717) is 19.4 Å². The first kappa shape index (κ1) is 22.3. The molecule has 2 amide bonds. The molecule has 2 saturated heterocycles. The average Bonchev–Trinajstić information content (AvgIpc) is 2.77. The second-order valence-electron chi connectivity index (χ2n) is 8.06. The predicted octanol–water partition coefficient (Wildman–Crippen LogP) is 3.46. The van der Waals surface area contributed by atoms with Crippen molar-refractivity contribution in [3.8, 4) is 0 Å². The quantitative estimate of drug-likeness (QED) is 0.768. The average molecular weight is 428 g/mol. The van der Waals surface area contributed by atoms with Crippen molar-refractivity contribution in [1.29, 1.82) is 0 Å². The molecule has 0 spiro atoms. The molecule has 2 fully saturated rings. The molecule has 2 aromatic rings. The standard InChI is InChI=1S/C24H29N3O2.ClH/c28-22-14-13-21(24(29)26-20-12-7-15-25-16-20)23(19-10-5-2-6-11-19)27(22)17-18-8-3-1-4-9-18;/h1-6,8-11,20-21,23,25H,7,12-17H2,(H,26,29);1H/t20-,21?,23?;/m0./s1. The first-order valence-electron chi connectivity index (χ1n) is 10.6. The molecule has 0 saturated carbocycles. The zero-order valence-electron chi connectivity index (χ0n) is 17.1. The molecule has 2 aliphatic rings. The Hall–Kier alpha value is -2.37. The first-order chi connectivity index (χ1) is 14.2. The molecule has 30 heavy (non-hydrogen) atoms. The van der Waals surface area contributed by atoms with Crippen LogP contribution in [-0.2, 0) is 16.1 Å². The topological polar surface area (TPSA) is 61.4 Å². The molecule has 5 nitrogen and oxygen atoms in total. The summed E-state index contributed by atoms with van der Waals surface area (Å²) in [4.78, 5) is 28.1. The highest BCUT2D eigenvalue weighted by Gasteiger charge is 2.41. The Bertz CT molecular complexity index is 825. The van der Waals surface area contributed by atoms with Gasteiger partial charge in [0.15, 0.2) is 0 Å². The number of rotatable bonds is 5. The van der Waals surface area contributed by atoms with Crippen molar-refractivity contribution in [2.45, 2.75) is 44.3 Å². The summed E-state index contributed by atoms with van der Waals surface area (Å²) in [5.41, 5.74) is 2.11. The van der Waals surface area contributed by atoms with E-state index in [9.17, 15) is 9.59 Å². The van der Waals surface area contributed by atoms with Gasteiger partial charge in [0, 0.05) is 25.6 Å². The van der Waals surface area contributed by atoms with E-state index in [-0.39, 0.29) is 42.2 Å². The molecule has 2 unspecified atom stereocenters. The molecule has 2 heterocycles. The van der Waals surface area contributed by atoms with Gasteiger partial charge in [0.05, 0.1) is 12.0 Å². The van der Waals surface area contributed by atoms with E-state index >= 15 is 0 Å². The summed E-state index contributed by atoms with van der Waals surface area (Å²) in [7, 11) is 0. The number of hydrogen-bond donors (Lipinski definition) is 2. The van der Waals surface area contributed by atoms with Gasteiger partial charge in [-0.25, -0.2) is 0 Å². The molecule has 2 N–H and O–H groups in total. The minimum atomic E-state index is -0.241. The zero-order valence-corrected chi connectivity index (χ0v) is 17.9. The summed E-state index contributed by atoms with van der Waals surface area (Å²) in [6.45, 7) is 2.36. The fourth-order valence-electron chi connectivity index (χ4n) is 4.54. The van der Waals surface area contributed by atoms with Crippen LogP contribution in [0, 0.1) is 5.92 Å². The molecule has 2 aliphatic heterocycles. The number of halogens is 1. The maximum absolute atomic E-state index is 13.3. The van der Waals surface area contributed by atoms with E-state index in [2.05, 4.69) is 10.6 Å². The monoisotopic (exact) mass is 427 g/mol. The Morgan fingerprint density at radius 1 is 1.03 bits per heavy atom. The number of hydrogen-bond acceptors (Lipinski definition) is 3. The zero-order chi connectivity index (χ0) is 20.1. The van der Waals surface area contributed by atoms with Gasteiger partial charge in [0.25, 0.3) is 0 Å². The van der Waals surface area contributed by atoms with Crippen LogP contribution in [0.1, 0.15) is 42.9 Å². The summed E-state index contributed by atoms with van der Waals surface area (Å²) in [6.07, 6.45) is 3.09. The summed E-state index contributed by atoms with van der Waals surface area (Å²) < 4.78 is 0. The SMILES string of the molecule is Cl.O=C(N[C@H]1CCCNC1)C1CCC(=O)N(Cc2ccccc2)C1c1ccccc1. The minimum Gasteiger partial charge on any atom is -0.352 e. The van der Waals surface area contributed by atoms with E-state index in [0.717, 1.165) is 37.1 Å². The van der Waals surface area contributed by atoms with E-state index in [1.54, 1.807) is 0 Å². The van der Waals surface area contributed by atoms with Crippen LogP contribution in [0.4, 0.5) is 0 Å². The van der Waals surface area contributed by atoms with Gasteiger partial charge in [0.1, 0.15) is 0 Å². The van der Waals surface area contributed by atoms with Crippen molar-refractivity contribution in [1.82, 2.24) is 15.5 Å². The maximum atomic E-state index is 13.3. The Labute approximate surface area is 184 Å². The normalized spacial score (nSPS) is 24.1. The molecule has 0 aromatic heterocycles. The number of nitrogens with zero attached hydrogens (tertiary/aromatic N) is 1. The van der Waals surface area contributed by atoms with Crippen LogP contribution >= 0.6 is 12.4 Å². The highest BCUT2D eigenvalue weighted by atomic mass is 35.5.